The summed E-state index contributed by atoms with van der Waals surface area (Å²) >= 11 is 0. The van der Waals surface area contributed by atoms with E-state index < -0.39 is 0 Å². The number of hydrogen-bond donors (Lipinski definition) is 1. The fraction of sp³-hybridized carbons (Fsp3) is 0.667. The Bertz CT molecular complexity index is 295. The van der Waals surface area contributed by atoms with Gasteiger partial charge in [-0.05, 0) is 19.4 Å². The molecule has 2 rings (SSSR count). The highest BCUT2D eigenvalue weighted by molar-refractivity contribution is 5.36. The lowest BCUT2D eigenvalue weighted by atomic mass is 10.4. The Hall–Kier alpha value is -1.23. The summed E-state index contributed by atoms with van der Waals surface area (Å²) < 4.78 is 0. The van der Waals surface area contributed by atoms with E-state index in [2.05, 4.69) is 20.1 Å². The molecule has 0 aliphatic carbocycles. The Balaban J connectivity index is 2.12. The van der Waals surface area contributed by atoms with Crippen molar-refractivity contribution in [3.05, 3.63) is 12.0 Å². The van der Waals surface area contributed by atoms with E-state index in [9.17, 15) is 0 Å². The Morgan fingerprint density at radius 3 is 2.86 bits per heavy atom. The van der Waals surface area contributed by atoms with Gasteiger partial charge in [0.1, 0.15) is 0 Å². The van der Waals surface area contributed by atoms with Crippen molar-refractivity contribution in [3.63, 3.8) is 0 Å². The predicted octanol–water partition coefficient (Wildman–Crippen LogP) is -0.0270. The average Bonchev–Trinajstić information content (AvgIpc) is 2.71. The van der Waals surface area contributed by atoms with Gasteiger partial charge in [0.25, 0.3) is 0 Å². The first-order chi connectivity index (χ1) is 6.90. The molecular weight excluding hydrogens is 178 g/mol. The van der Waals surface area contributed by atoms with Crippen LogP contribution in [0.5, 0.6) is 0 Å². The first-order valence-corrected chi connectivity index (χ1v) is 5.04. The van der Waals surface area contributed by atoms with Gasteiger partial charge in [-0.3, -0.25) is 0 Å². The molecule has 2 heterocycles. The molecule has 5 nitrogen and oxygen atoms in total. The molecule has 1 aromatic heterocycles. The summed E-state index contributed by atoms with van der Waals surface area (Å²) in [6.45, 7) is 2.74. The zero-order valence-electron chi connectivity index (χ0n) is 8.19. The van der Waals surface area contributed by atoms with Crippen LogP contribution in [0.15, 0.2) is 6.20 Å². The highest BCUT2D eigenvalue weighted by atomic mass is 15.3. The molecule has 1 aromatic rings. The van der Waals surface area contributed by atoms with Gasteiger partial charge >= 0.3 is 0 Å². The van der Waals surface area contributed by atoms with E-state index in [0.29, 0.717) is 13.0 Å². The molecule has 2 N–H and O–H groups in total. The van der Waals surface area contributed by atoms with Crippen LogP contribution in [0.2, 0.25) is 0 Å². The van der Waals surface area contributed by atoms with E-state index in [-0.39, 0.29) is 0 Å². The van der Waals surface area contributed by atoms with Crippen molar-refractivity contribution in [2.75, 3.05) is 24.5 Å². The van der Waals surface area contributed by atoms with Crippen LogP contribution in [0.1, 0.15) is 18.7 Å². The minimum absolute atomic E-state index is 0.575. The predicted molar refractivity (Wildman–Crippen MR) is 54.0 cm³/mol. The van der Waals surface area contributed by atoms with Crippen molar-refractivity contribution in [1.29, 1.82) is 0 Å². The standard InChI is InChI=1S/C9H15N5/c10-4-3-8-12-9(7-11-13-8)14-5-1-2-6-14/h7H,1-6,10H2. The van der Waals surface area contributed by atoms with E-state index >= 15 is 0 Å². The number of hydrogen-bond acceptors (Lipinski definition) is 5. The van der Waals surface area contributed by atoms with E-state index in [1.807, 2.05) is 0 Å². The third-order valence-electron chi connectivity index (χ3n) is 2.39. The van der Waals surface area contributed by atoms with Gasteiger partial charge in [0.05, 0.1) is 6.20 Å². The second kappa shape index (κ2) is 4.32. The number of aromatic nitrogens is 3. The van der Waals surface area contributed by atoms with Gasteiger partial charge in [-0.15, -0.1) is 5.10 Å². The molecule has 0 unspecified atom stereocenters. The molecule has 14 heavy (non-hydrogen) atoms. The van der Waals surface area contributed by atoms with Crippen molar-refractivity contribution in [1.82, 2.24) is 15.2 Å². The molecule has 1 fully saturated rings. The topological polar surface area (TPSA) is 67.9 Å². The van der Waals surface area contributed by atoms with Crippen molar-refractivity contribution < 1.29 is 0 Å². The van der Waals surface area contributed by atoms with Gasteiger partial charge in [-0.2, -0.15) is 5.10 Å². The normalized spacial score (nSPS) is 16.2. The number of rotatable bonds is 3. The number of nitrogens with two attached hydrogens (primary N) is 1. The molecule has 1 aliphatic rings. The molecule has 1 saturated heterocycles. The zero-order valence-corrected chi connectivity index (χ0v) is 8.19. The van der Waals surface area contributed by atoms with E-state index in [1.165, 1.54) is 12.8 Å². The summed E-state index contributed by atoms with van der Waals surface area (Å²) in [5.74, 6) is 1.69. The summed E-state index contributed by atoms with van der Waals surface area (Å²) in [7, 11) is 0. The van der Waals surface area contributed by atoms with Crippen LogP contribution in [-0.2, 0) is 6.42 Å². The Morgan fingerprint density at radius 1 is 1.36 bits per heavy atom. The lowest BCUT2D eigenvalue weighted by Gasteiger charge is -2.15. The van der Waals surface area contributed by atoms with Crippen LogP contribution < -0.4 is 10.6 Å². The molecule has 0 saturated carbocycles. The van der Waals surface area contributed by atoms with Crippen LogP contribution in [0.3, 0.4) is 0 Å². The van der Waals surface area contributed by atoms with Gasteiger partial charge in [0.15, 0.2) is 11.6 Å². The second-order valence-corrected chi connectivity index (χ2v) is 3.46. The molecule has 0 bridgehead atoms. The summed E-state index contributed by atoms with van der Waals surface area (Å²) in [6.07, 6.45) is 4.92. The molecule has 0 atom stereocenters. The van der Waals surface area contributed by atoms with Crippen molar-refractivity contribution >= 4 is 5.82 Å². The SMILES string of the molecule is NCCc1nncc(N2CCCC2)n1. The van der Waals surface area contributed by atoms with Crippen molar-refractivity contribution in [3.8, 4) is 0 Å². The lowest BCUT2D eigenvalue weighted by Crippen LogP contribution is -2.20. The molecule has 0 aromatic carbocycles. The summed E-state index contributed by atoms with van der Waals surface area (Å²) in [5.41, 5.74) is 5.44. The van der Waals surface area contributed by atoms with Gasteiger partial charge in [0, 0.05) is 19.5 Å². The summed E-state index contributed by atoms with van der Waals surface area (Å²) in [6, 6.07) is 0. The second-order valence-electron chi connectivity index (χ2n) is 3.46. The van der Waals surface area contributed by atoms with Crippen molar-refractivity contribution in [2.45, 2.75) is 19.3 Å². The lowest BCUT2D eigenvalue weighted by molar-refractivity contribution is 0.790. The molecule has 5 heteroatoms. The van der Waals surface area contributed by atoms with Crippen LogP contribution >= 0.6 is 0 Å². The Morgan fingerprint density at radius 2 is 2.14 bits per heavy atom. The Kier molecular flexibility index (Phi) is 2.88. The van der Waals surface area contributed by atoms with Gasteiger partial charge in [0.2, 0.25) is 0 Å². The van der Waals surface area contributed by atoms with Crippen LogP contribution in [0, 0.1) is 0 Å². The number of anilines is 1. The highest BCUT2D eigenvalue weighted by Crippen LogP contribution is 2.15. The van der Waals surface area contributed by atoms with E-state index in [4.69, 9.17) is 5.73 Å². The first kappa shape index (κ1) is 9.33. The molecule has 76 valence electrons. The zero-order chi connectivity index (χ0) is 9.80. The maximum absolute atomic E-state index is 5.44. The fourth-order valence-electron chi connectivity index (χ4n) is 1.66. The smallest absolute Gasteiger partial charge is 0.154 e. The van der Waals surface area contributed by atoms with Gasteiger partial charge in [-0.25, -0.2) is 4.98 Å². The molecule has 0 amide bonds. The molecular formula is C9H15N5. The summed E-state index contributed by atoms with van der Waals surface area (Å²) in [4.78, 5) is 6.66. The third-order valence-corrected chi connectivity index (χ3v) is 2.39. The van der Waals surface area contributed by atoms with Crippen molar-refractivity contribution in [2.24, 2.45) is 5.73 Å². The third kappa shape index (κ3) is 1.98. The Labute approximate surface area is 83.3 Å². The largest absolute Gasteiger partial charge is 0.355 e. The van der Waals surface area contributed by atoms with Gasteiger partial charge in [-0.1, -0.05) is 0 Å². The molecule has 1 aliphatic heterocycles. The molecule has 0 spiro atoms. The minimum atomic E-state index is 0.575. The maximum Gasteiger partial charge on any atom is 0.154 e. The first-order valence-electron chi connectivity index (χ1n) is 5.04. The van der Waals surface area contributed by atoms with Gasteiger partial charge < -0.3 is 10.6 Å². The highest BCUT2D eigenvalue weighted by Gasteiger charge is 2.14. The number of nitrogens with zero attached hydrogens (tertiary/aromatic N) is 4. The van der Waals surface area contributed by atoms with E-state index in [1.54, 1.807) is 6.20 Å². The van der Waals surface area contributed by atoms with E-state index in [0.717, 1.165) is 24.7 Å². The van der Waals surface area contributed by atoms with Crippen LogP contribution in [-0.4, -0.2) is 34.8 Å². The van der Waals surface area contributed by atoms with Crippen LogP contribution in [0.25, 0.3) is 0 Å². The summed E-state index contributed by atoms with van der Waals surface area (Å²) in [5, 5.41) is 7.87. The average molecular weight is 193 g/mol. The monoisotopic (exact) mass is 193 g/mol. The fourth-order valence-corrected chi connectivity index (χ4v) is 1.66. The minimum Gasteiger partial charge on any atom is -0.355 e. The maximum atomic E-state index is 5.44. The quantitative estimate of drug-likeness (QED) is 0.730. The van der Waals surface area contributed by atoms with Crippen LogP contribution in [0.4, 0.5) is 5.82 Å². The molecule has 0 radical (unpaired) electrons.